The van der Waals surface area contributed by atoms with Crippen molar-refractivity contribution in [1.29, 1.82) is 0 Å². The summed E-state index contributed by atoms with van der Waals surface area (Å²) in [5.41, 5.74) is 16.8. The van der Waals surface area contributed by atoms with E-state index in [1.54, 1.807) is 30.3 Å². The minimum atomic E-state index is -1.51. The topological polar surface area (TPSA) is 240 Å². The Kier molecular flexibility index (Phi) is 13.1. The fraction of sp³-hybridized carbons (Fsp3) is 0.522. The fourth-order valence-corrected chi connectivity index (χ4v) is 3.32. The highest BCUT2D eigenvalue weighted by Gasteiger charge is 2.32. The number of carbonyl (C=O) groups is 5. The lowest BCUT2D eigenvalue weighted by Crippen LogP contribution is -2.60. The van der Waals surface area contributed by atoms with Crippen molar-refractivity contribution < 1.29 is 34.2 Å². The Morgan fingerprint density at radius 3 is 2.06 bits per heavy atom. The highest BCUT2D eigenvalue weighted by atomic mass is 16.4. The normalized spacial score (nSPS) is 15.0. The molecule has 1 aromatic carbocycles. The molecule has 0 aliphatic rings. The maximum absolute atomic E-state index is 13.0. The summed E-state index contributed by atoms with van der Waals surface area (Å²) in [7, 11) is 0. The van der Waals surface area contributed by atoms with Crippen molar-refractivity contribution in [2.24, 2.45) is 17.2 Å². The van der Waals surface area contributed by atoms with Crippen LogP contribution in [0.2, 0.25) is 0 Å². The van der Waals surface area contributed by atoms with E-state index in [0.717, 1.165) is 0 Å². The van der Waals surface area contributed by atoms with Gasteiger partial charge in [0.25, 0.3) is 0 Å². The molecule has 0 saturated carbocycles. The van der Waals surface area contributed by atoms with E-state index in [0.29, 0.717) is 24.9 Å². The Balaban J connectivity index is 3.06. The summed E-state index contributed by atoms with van der Waals surface area (Å²) >= 11 is 0. The minimum Gasteiger partial charge on any atom is -0.480 e. The first-order valence-electron chi connectivity index (χ1n) is 11.6. The Hall–Kier alpha value is -3.55. The van der Waals surface area contributed by atoms with Crippen molar-refractivity contribution in [2.45, 2.75) is 69.3 Å². The molecule has 0 aromatic heterocycles. The number of nitrogens with one attached hydrogen (secondary N) is 3. The van der Waals surface area contributed by atoms with Crippen LogP contribution in [0.25, 0.3) is 0 Å². The third-order valence-electron chi connectivity index (χ3n) is 5.30. The molecular weight excluding hydrogens is 472 g/mol. The number of aliphatic carboxylic acids is 1. The maximum atomic E-state index is 13.0. The molecule has 5 atom stereocenters. The summed E-state index contributed by atoms with van der Waals surface area (Å²) in [6, 6.07) is 3.40. The van der Waals surface area contributed by atoms with E-state index in [1.807, 2.05) is 0 Å². The Morgan fingerprint density at radius 1 is 0.917 bits per heavy atom. The zero-order valence-electron chi connectivity index (χ0n) is 20.2. The lowest BCUT2D eigenvalue weighted by molar-refractivity contribution is -0.142. The summed E-state index contributed by atoms with van der Waals surface area (Å²) < 4.78 is 0. The molecule has 0 saturated heterocycles. The second kappa shape index (κ2) is 15.4. The van der Waals surface area contributed by atoms with Crippen molar-refractivity contribution in [1.82, 2.24) is 16.0 Å². The first-order valence-corrected chi connectivity index (χ1v) is 11.6. The molecule has 11 N–H and O–H groups in total. The molecule has 13 heteroatoms. The number of hydrogen-bond donors (Lipinski definition) is 8. The van der Waals surface area contributed by atoms with Crippen molar-refractivity contribution in [3.8, 4) is 0 Å². The van der Waals surface area contributed by atoms with Gasteiger partial charge in [-0.2, -0.15) is 0 Å². The summed E-state index contributed by atoms with van der Waals surface area (Å²) in [5.74, 6) is -4.62. The number of unbranched alkanes of at least 4 members (excludes halogenated alkanes) is 1. The number of aliphatic hydroxyl groups excluding tert-OH is 1. The Labute approximate surface area is 209 Å². The number of hydrogen-bond acceptors (Lipinski definition) is 8. The van der Waals surface area contributed by atoms with Crippen LogP contribution >= 0.6 is 0 Å². The average molecular weight is 509 g/mol. The molecule has 0 spiro atoms. The van der Waals surface area contributed by atoms with Crippen LogP contribution in [-0.2, 0) is 30.4 Å². The summed E-state index contributed by atoms with van der Waals surface area (Å²) in [6.07, 6.45) is -0.649. The fourth-order valence-electron chi connectivity index (χ4n) is 3.32. The summed E-state index contributed by atoms with van der Waals surface area (Å²) in [4.78, 5) is 60.9. The first kappa shape index (κ1) is 30.5. The molecule has 200 valence electrons. The van der Waals surface area contributed by atoms with Crippen molar-refractivity contribution >= 4 is 29.6 Å². The van der Waals surface area contributed by atoms with Crippen LogP contribution in [0.15, 0.2) is 30.3 Å². The molecule has 0 fully saturated rings. The highest BCUT2D eigenvalue weighted by Crippen LogP contribution is 2.07. The third kappa shape index (κ3) is 10.8. The standard InChI is InChI=1S/C23H36N6O7/c1-13(30)19(29-20(32)15(25)12-18(26)31)22(34)28-17(11-14-7-3-2-4-8-14)21(33)27-16(23(35)36)9-5-6-10-24/h2-4,7-8,13,15-17,19,30H,5-6,9-12,24-25H2,1H3,(H2,26,31)(H,27,33)(H,28,34)(H,29,32)(H,35,36). The van der Waals surface area contributed by atoms with Crippen molar-refractivity contribution in [3.05, 3.63) is 35.9 Å². The van der Waals surface area contributed by atoms with E-state index in [2.05, 4.69) is 16.0 Å². The molecule has 0 bridgehead atoms. The van der Waals surface area contributed by atoms with Gasteiger partial charge < -0.3 is 43.4 Å². The largest absolute Gasteiger partial charge is 0.480 e. The predicted octanol–water partition coefficient (Wildman–Crippen LogP) is -2.52. The van der Waals surface area contributed by atoms with Gasteiger partial charge in [-0.05, 0) is 38.3 Å². The van der Waals surface area contributed by atoms with E-state index in [1.165, 1.54) is 6.92 Å². The molecule has 36 heavy (non-hydrogen) atoms. The van der Waals surface area contributed by atoms with Crippen LogP contribution in [0.4, 0.5) is 0 Å². The van der Waals surface area contributed by atoms with Gasteiger partial charge in [0, 0.05) is 6.42 Å². The molecule has 5 unspecified atom stereocenters. The molecule has 4 amide bonds. The second-order valence-electron chi connectivity index (χ2n) is 8.44. The van der Waals surface area contributed by atoms with Crippen LogP contribution in [0.1, 0.15) is 38.2 Å². The van der Waals surface area contributed by atoms with Gasteiger partial charge in [-0.25, -0.2) is 4.79 Å². The quantitative estimate of drug-likeness (QED) is 0.110. The molecule has 13 nitrogen and oxygen atoms in total. The van der Waals surface area contributed by atoms with Gasteiger partial charge in [0.15, 0.2) is 0 Å². The van der Waals surface area contributed by atoms with E-state index >= 15 is 0 Å². The van der Waals surface area contributed by atoms with E-state index < -0.39 is 66.3 Å². The number of carboxylic acid groups (broad SMARTS) is 1. The molecule has 0 aliphatic carbocycles. The van der Waals surface area contributed by atoms with Gasteiger partial charge in [0.05, 0.1) is 18.6 Å². The smallest absolute Gasteiger partial charge is 0.326 e. The summed E-state index contributed by atoms with van der Waals surface area (Å²) in [5, 5.41) is 26.7. The Bertz CT molecular complexity index is 896. The van der Waals surface area contributed by atoms with Crippen LogP contribution in [0.5, 0.6) is 0 Å². The predicted molar refractivity (Wildman–Crippen MR) is 130 cm³/mol. The van der Waals surface area contributed by atoms with Gasteiger partial charge in [0.1, 0.15) is 18.1 Å². The van der Waals surface area contributed by atoms with E-state index in [4.69, 9.17) is 17.2 Å². The average Bonchev–Trinajstić information content (AvgIpc) is 2.81. The molecule has 1 aromatic rings. The van der Waals surface area contributed by atoms with Crippen molar-refractivity contribution in [2.75, 3.05) is 6.54 Å². The Morgan fingerprint density at radius 2 is 1.53 bits per heavy atom. The third-order valence-corrected chi connectivity index (χ3v) is 5.30. The number of rotatable bonds is 16. The zero-order chi connectivity index (χ0) is 27.3. The number of carbonyl (C=O) groups excluding carboxylic acids is 4. The number of aliphatic hydroxyl groups is 1. The lowest BCUT2D eigenvalue weighted by Gasteiger charge is -2.26. The van der Waals surface area contributed by atoms with Crippen LogP contribution in [0.3, 0.4) is 0 Å². The van der Waals surface area contributed by atoms with Gasteiger partial charge in [0.2, 0.25) is 23.6 Å². The minimum absolute atomic E-state index is 0.00914. The van der Waals surface area contributed by atoms with Crippen LogP contribution in [-0.4, -0.2) is 76.6 Å². The van der Waals surface area contributed by atoms with Crippen molar-refractivity contribution in [3.63, 3.8) is 0 Å². The van der Waals surface area contributed by atoms with Gasteiger partial charge >= 0.3 is 5.97 Å². The number of primary amides is 1. The summed E-state index contributed by atoms with van der Waals surface area (Å²) in [6.45, 7) is 1.62. The van der Waals surface area contributed by atoms with Crippen LogP contribution in [0, 0.1) is 0 Å². The number of nitrogens with two attached hydrogens (primary N) is 3. The van der Waals surface area contributed by atoms with Gasteiger partial charge in [-0.15, -0.1) is 0 Å². The highest BCUT2D eigenvalue weighted by molar-refractivity contribution is 5.95. The molecule has 1 rings (SSSR count). The van der Waals surface area contributed by atoms with Crippen LogP contribution < -0.4 is 33.2 Å². The molecule has 0 heterocycles. The molecular formula is C23H36N6O7. The lowest BCUT2D eigenvalue weighted by atomic mass is 10.0. The maximum Gasteiger partial charge on any atom is 0.326 e. The second-order valence-corrected chi connectivity index (χ2v) is 8.44. The zero-order valence-corrected chi connectivity index (χ0v) is 20.2. The number of carboxylic acids is 1. The van der Waals surface area contributed by atoms with E-state index in [9.17, 15) is 34.2 Å². The van der Waals surface area contributed by atoms with Gasteiger partial charge in [-0.1, -0.05) is 30.3 Å². The monoisotopic (exact) mass is 508 g/mol. The SMILES string of the molecule is CC(O)C(NC(=O)C(N)CC(N)=O)C(=O)NC(Cc1ccccc1)C(=O)NC(CCCCN)C(=O)O. The first-order chi connectivity index (χ1) is 17.0. The number of amides is 4. The molecule has 0 radical (unpaired) electrons. The molecule has 0 aliphatic heterocycles. The number of benzene rings is 1. The van der Waals surface area contributed by atoms with E-state index in [-0.39, 0.29) is 12.8 Å². The van der Waals surface area contributed by atoms with Gasteiger partial charge in [-0.3, -0.25) is 19.2 Å².